The number of hydrogen-bond acceptors (Lipinski definition) is 5. The van der Waals surface area contributed by atoms with Crippen LogP contribution in [0.5, 0.6) is 5.75 Å². The maximum Gasteiger partial charge on any atom is 0.276 e. The van der Waals surface area contributed by atoms with E-state index in [0.29, 0.717) is 10.4 Å². The first-order chi connectivity index (χ1) is 12.4. The van der Waals surface area contributed by atoms with Gasteiger partial charge in [0.05, 0.1) is 4.88 Å². The van der Waals surface area contributed by atoms with Gasteiger partial charge in [0, 0.05) is 4.88 Å². The standard InChI is InChI=1S/C18H22N2O4S2/c1-12-8-9-14(21)17(10-12)26(23,24)20-19-18(22)16-11-13-6-4-2-3-5-7-15(13)25-16/h8-11,20-21H,2-7H2,1H3,(H,19,22). The van der Waals surface area contributed by atoms with Gasteiger partial charge in [-0.05, 0) is 61.9 Å². The number of hydrogen-bond donors (Lipinski definition) is 3. The molecule has 0 atom stereocenters. The molecule has 1 amide bonds. The number of thiophene rings is 1. The average Bonchev–Trinajstić information content (AvgIpc) is 2.97. The monoisotopic (exact) mass is 394 g/mol. The van der Waals surface area contributed by atoms with Crippen LogP contribution in [0.4, 0.5) is 0 Å². The van der Waals surface area contributed by atoms with Crippen molar-refractivity contribution in [1.82, 2.24) is 10.3 Å². The number of phenolic OH excluding ortho intramolecular Hbond substituents is 1. The maximum atomic E-state index is 12.4. The lowest BCUT2D eigenvalue weighted by Gasteiger charge is -2.09. The third-order valence-corrected chi connectivity index (χ3v) is 6.94. The first-order valence-corrected chi connectivity index (χ1v) is 10.9. The minimum Gasteiger partial charge on any atom is -0.507 e. The van der Waals surface area contributed by atoms with Crippen LogP contribution in [0, 0.1) is 6.92 Å². The highest BCUT2D eigenvalue weighted by atomic mass is 32.2. The number of phenols is 1. The van der Waals surface area contributed by atoms with E-state index in [9.17, 15) is 18.3 Å². The topological polar surface area (TPSA) is 95.5 Å². The van der Waals surface area contributed by atoms with Gasteiger partial charge in [-0.1, -0.05) is 18.9 Å². The van der Waals surface area contributed by atoms with Crippen molar-refractivity contribution in [2.45, 2.75) is 50.3 Å². The molecule has 140 valence electrons. The van der Waals surface area contributed by atoms with Crippen LogP contribution in [0.25, 0.3) is 0 Å². The number of carbonyl (C=O) groups is 1. The lowest BCUT2D eigenvalue weighted by Crippen LogP contribution is -2.41. The number of aromatic hydroxyl groups is 1. The fraction of sp³-hybridized carbons (Fsp3) is 0.389. The van der Waals surface area contributed by atoms with Crippen molar-refractivity contribution in [2.75, 3.05) is 0 Å². The van der Waals surface area contributed by atoms with Crippen molar-refractivity contribution in [3.8, 4) is 5.75 Å². The van der Waals surface area contributed by atoms with E-state index in [4.69, 9.17) is 0 Å². The van der Waals surface area contributed by atoms with Crippen LogP contribution in [-0.2, 0) is 22.9 Å². The largest absolute Gasteiger partial charge is 0.507 e. The number of amides is 1. The van der Waals surface area contributed by atoms with Gasteiger partial charge in [-0.25, -0.2) is 8.42 Å². The fourth-order valence-electron chi connectivity index (χ4n) is 3.02. The van der Waals surface area contributed by atoms with Gasteiger partial charge in [0.2, 0.25) is 0 Å². The van der Waals surface area contributed by atoms with Crippen molar-refractivity contribution in [1.29, 1.82) is 0 Å². The molecule has 1 aliphatic carbocycles. The average molecular weight is 395 g/mol. The summed E-state index contributed by atoms with van der Waals surface area (Å²) in [5, 5.41) is 9.79. The molecule has 1 aromatic carbocycles. The van der Waals surface area contributed by atoms with Crippen LogP contribution >= 0.6 is 11.3 Å². The Morgan fingerprint density at radius 2 is 1.85 bits per heavy atom. The van der Waals surface area contributed by atoms with Gasteiger partial charge in [0.25, 0.3) is 15.9 Å². The van der Waals surface area contributed by atoms with Crippen molar-refractivity contribution < 1.29 is 18.3 Å². The number of fused-ring (bicyclic) bond motifs is 1. The summed E-state index contributed by atoms with van der Waals surface area (Å²) in [6.45, 7) is 1.72. The molecule has 1 aromatic heterocycles. The lowest BCUT2D eigenvalue weighted by atomic mass is 10.00. The molecule has 0 bridgehead atoms. The zero-order valence-electron chi connectivity index (χ0n) is 14.5. The van der Waals surface area contributed by atoms with Gasteiger partial charge >= 0.3 is 0 Å². The number of aryl methyl sites for hydroxylation is 3. The molecule has 0 radical (unpaired) electrons. The van der Waals surface area contributed by atoms with E-state index in [2.05, 4.69) is 10.3 Å². The Balaban J connectivity index is 1.72. The van der Waals surface area contributed by atoms with Crippen LogP contribution < -0.4 is 10.3 Å². The summed E-state index contributed by atoms with van der Waals surface area (Å²) in [5.74, 6) is -0.853. The van der Waals surface area contributed by atoms with E-state index in [-0.39, 0.29) is 10.6 Å². The zero-order valence-corrected chi connectivity index (χ0v) is 16.2. The van der Waals surface area contributed by atoms with E-state index in [1.807, 2.05) is 6.07 Å². The SMILES string of the molecule is Cc1ccc(O)c(S(=O)(=O)NNC(=O)c2cc3c(s2)CCCCCC3)c1. The third kappa shape index (κ3) is 4.25. The quantitative estimate of drug-likeness (QED) is 0.695. The number of hydrazine groups is 1. The number of benzene rings is 1. The molecule has 0 fully saturated rings. The molecule has 8 heteroatoms. The Morgan fingerprint density at radius 1 is 1.12 bits per heavy atom. The van der Waals surface area contributed by atoms with Crippen molar-refractivity contribution >= 4 is 27.3 Å². The summed E-state index contributed by atoms with van der Waals surface area (Å²) in [5.41, 5.74) is 4.13. The molecule has 26 heavy (non-hydrogen) atoms. The summed E-state index contributed by atoms with van der Waals surface area (Å²) >= 11 is 1.42. The highest BCUT2D eigenvalue weighted by molar-refractivity contribution is 7.89. The summed E-state index contributed by atoms with van der Waals surface area (Å²) in [6.07, 6.45) is 6.57. The van der Waals surface area contributed by atoms with Crippen LogP contribution in [0.1, 0.15) is 51.4 Å². The molecule has 3 N–H and O–H groups in total. The van der Waals surface area contributed by atoms with Gasteiger partial charge in [0.15, 0.2) is 0 Å². The Kier molecular flexibility index (Phi) is 5.64. The Bertz CT molecular complexity index is 894. The summed E-state index contributed by atoms with van der Waals surface area (Å²) in [4.78, 5) is 15.9. The molecule has 0 unspecified atom stereocenters. The molecule has 6 nitrogen and oxygen atoms in total. The van der Waals surface area contributed by atoms with E-state index in [0.717, 1.165) is 25.7 Å². The molecular weight excluding hydrogens is 372 g/mol. The first kappa shape index (κ1) is 18.9. The molecular formula is C18H22N2O4S2. The number of nitrogens with one attached hydrogen (secondary N) is 2. The van der Waals surface area contributed by atoms with Crippen molar-refractivity contribution in [3.05, 3.63) is 45.1 Å². The number of rotatable bonds is 4. The van der Waals surface area contributed by atoms with Crippen LogP contribution in [0.15, 0.2) is 29.2 Å². The minimum absolute atomic E-state index is 0.267. The van der Waals surface area contributed by atoms with E-state index in [1.54, 1.807) is 13.0 Å². The van der Waals surface area contributed by atoms with Crippen LogP contribution in [0.3, 0.4) is 0 Å². The highest BCUT2D eigenvalue weighted by Crippen LogP contribution is 2.28. The Labute approximate surface area is 157 Å². The molecule has 2 aromatic rings. The molecule has 3 rings (SSSR count). The second kappa shape index (κ2) is 7.77. The van der Waals surface area contributed by atoms with E-state index >= 15 is 0 Å². The van der Waals surface area contributed by atoms with E-state index in [1.165, 1.54) is 46.8 Å². The normalized spacial score (nSPS) is 15.0. The molecule has 0 saturated carbocycles. The zero-order chi connectivity index (χ0) is 18.7. The Morgan fingerprint density at radius 3 is 2.62 bits per heavy atom. The van der Waals surface area contributed by atoms with Gasteiger partial charge < -0.3 is 5.11 Å². The smallest absolute Gasteiger partial charge is 0.276 e. The van der Waals surface area contributed by atoms with Crippen molar-refractivity contribution in [3.63, 3.8) is 0 Å². The number of sulfonamides is 1. The Hall–Kier alpha value is -1.90. The lowest BCUT2D eigenvalue weighted by molar-refractivity contribution is 0.0949. The highest BCUT2D eigenvalue weighted by Gasteiger charge is 2.21. The molecule has 1 heterocycles. The number of carbonyl (C=O) groups excluding carboxylic acids is 1. The van der Waals surface area contributed by atoms with Gasteiger partial charge in [-0.15, -0.1) is 16.2 Å². The van der Waals surface area contributed by atoms with Crippen LogP contribution in [0.2, 0.25) is 0 Å². The third-order valence-electron chi connectivity index (χ3n) is 4.42. The van der Waals surface area contributed by atoms with Gasteiger partial charge in [0.1, 0.15) is 10.6 Å². The predicted octanol–water partition coefficient (Wildman–Crippen LogP) is 3.04. The maximum absolute atomic E-state index is 12.4. The second-order valence-corrected chi connectivity index (χ2v) is 9.29. The predicted molar refractivity (Wildman–Crippen MR) is 101 cm³/mol. The van der Waals surface area contributed by atoms with E-state index < -0.39 is 15.9 Å². The molecule has 1 aliphatic rings. The second-order valence-electron chi connectivity index (χ2n) is 6.50. The summed E-state index contributed by atoms with van der Waals surface area (Å²) in [7, 11) is -4.06. The van der Waals surface area contributed by atoms with Gasteiger partial charge in [-0.2, -0.15) is 0 Å². The fourth-order valence-corrected chi connectivity index (χ4v) is 5.19. The molecule has 0 spiro atoms. The van der Waals surface area contributed by atoms with Crippen molar-refractivity contribution in [2.24, 2.45) is 0 Å². The van der Waals surface area contributed by atoms with Crippen LogP contribution in [-0.4, -0.2) is 19.4 Å². The van der Waals surface area contributed by atoms with Gasteiger partial charge in [-0.3, -0.25) is 10.2 Å². The summed E-state index contributed by atoms with van der Waals surface area (Å²) in [6, 6.07) is 6.12. The summed E-state index contributed by atoms with van der Waals surface area (Å²) < 4.78 is 24.7. The first-order valence-electron chi connectivity index (χ1n) is 8.60. The molecule has 0 saturated heterocycles. The minimum atomic E-state index is -4.06. The molecule has 0 aliphatic heterocycles.